The van der Waals surface area contributed by atoms with Crippen molar-refractivity contribution in [1.29, 1.82) is 0 Å². The molecule has 0 unspecified atom stereocenters. The van der Waals surface area contributed by atoms with Crippen molar-refractivity contribution in [3.05, 3.63) is 53.6 Å². The molecule has 0 heterocycles. The molecule has 2 heteroatoms. The number of benzene rings is 2. The second-order valence-corrected chi connectivity index (χ2v) is 4.44. The molecule has 0 bridgehead atoms. The molecule has 0 amide bonds. The van der Waals surface area contributed by atoms with Crippen molar-refractivity contribution in [1.82, 2.24) is 0 Å². The van der Waals surface area contributed by atoms with Crippen LogP contribution in [0.1, 0.15) is 18.1 Å². The summed E-state index contributed by atoms with van der Waals surface area (Å²) < 4.78 is 0. The average molecular weight is 241 g/mol. The number of aryl methyl sites for hydroxylation is 1. The van der Waals surface area contributed by atoms with E-state index < -0.39 is 0 Å². The molecule has 0 aliphatic rings. The monoisotopic (exact) mass is 241 g/mol. The van der Waals surface area contributed by atoms with Crippen LogP contribution in [0.15, 0.2) is 42.5 Å². The van der Waals surface area contributed by atoms with Gasteiger partial charge in [-0.25, -0.2) is 0 Å². The minimum Gasteiger partial charge on any atom is -0.507 e. The smallest absolute Gasteiger partial charge is 0.123 e. The maximum absolute atomic E-state index is 9.95. The highest BCUT2D eigenvalue weighted by molar-refractivity contribution is 5.71. The first-order valence-electron chi connectivity index (χ1n) is 6.36. The number of phenols is 1. The Hall–Kier alpha value is -1.80. The van der Waals surface area contributed by atoms with E-state index in [0.29, 0.717) is 12.3 Å². The Morgan fingerprint density at radius 1 is 1.00 bits per heavy atom. The SMILES string of the molecule is CCc1ccc(-c2cc(CCN)ccc2O)cc1. The predicted molar refractivity (Wildman–Crippen MR) is 75.7 cm³/mol. The second-order valence-electron chi connectivity index (χ2n) is 4.44. The summed E-state index contributed by atoms with van der Waals surface area (Å²) >= 11 is 0. The molecular formula is C16H19NO. The maximum Gasteiger partial charge on any atom is 0.123 e. The largest absolute Gasteiger partial charge is 0.507 e. The molecule has 0 fully saturated rings. The van der Waals surface area contributed by atoms with E-state index in [-0.39, 0.29) is 0 Å². The standard InChI is InChI=1S/C16H19NO/c1-2-12-3-6-14(7-4-12)15-11-13(9-10-17)5-8-16(15)18/h3-8,11,18H,2,9-10,17H2,1H3. The zero-order valence-electron chi connectivity index (χ0n) is 10.7. The minimum absolute atomic E-state index is 0.319. The van der Waals surface area contributed by atoms with Crippen LogP contribution in [0.2, 0.25) is 0 Å². The highest BCUT2D eigenvalue weighted by atomic mass is 16.3. The predicted octanol–water partition coefficient (Wildman–Crippen LogP) is 3.12. The number of nitrogens with two attached hydrogens (primary N) is 1. The molecule has 0 spiro atoms. The molecule has 0 saturated heterocycles. The van der Waals surface area contributed by atoms with Crippen LogP contribution in [-0.2, 0) is 12.8 Å². The molecule has 2 rings (SSSR count). The van der Waals surface area contributed by atoms with Crippen molar-refractivity contribution >= 4 is 0 Å². The van der Waals surface area contributed by atoms with Crippen molar-refractivity contribution < 1.29 is 5.11 Å². The van der Waals surface area contributed by atoms with E-state index in [2.05, 4.69) is 31.2 Å². The van der Waals surface area contributed by atoms with E-state index in [1.807, 2.05) is 12.1 Å². The van der Waals surface area contributed by atoms with Crippen LogP contribution in [0.5, 0.6) is 5.75 Å². The van der Waals surface area contributed by atoms with Gasteiger partial charge in [-0.05, 0) is 48.2 Å². The van der Waals surface area contributed by atoms with Crippen LogP contribution in [-0.4, -0.2) is 11.7 Å². The lowest BCUT2D eigenvalue weighted by atomic mass is 9.99. The van der Waals surface area contributed by atoms with Crippen LogP contribution < -0.4 is 5.73 Å². The fourth-order valence-electron chi connectivity index (χ4n) is 2.06. The van der Waals surface area contributed by atoms with Gasteiger partial charge in [0.05, 0.1) is 0 Å². The van der Waals surface area contributed by atoms with Crippen LogP contribution >= 0.6 is 0 Å². The van der Waals surface area contributed by atoms with Gasteiger partial charge in [-0.15, -0.1) is 0 Å². The van der Waals surface area contributed by atoms with Crippen LogP contribution in [0.3, 0.4) is 0 Å². The molecule has 0 atom stereocenters. The molecule has 0 aromatic heterocycles. The highest BCUT2D eigenvalue weighted by Crippen LogP contribution is 2.30. The van der Waals surface area contributed by atoms with Crippen molar-refractivity contribution in [2.45, 2.75) is 19.8 Å². The molecule has 0 aliphatic carbocycles. The molecule has 0 radical (unpaired) electrons. The summed E-state index contributed by atoms with van der Waals surface area (Å²) in [7, 11) is 0. The van der Waals surface area contributed by atoms with E-state index in [0.717, 1.165) is 29.5 Å². The lowest BCUT2D eigenvalue weighted by Gasteiger charge is -2.08. The first kappa shape index (κ1) is 12.7. The summed E-state index contributed by atoms with van der Waals surface area (Å²) in [6.45, 7) is 2.76. The van der Waals surface area contributed by atoms with Crippen LogP contribution in [0.4, 0.5) is 0 Å². The van der Waals surface area contributed by atoms with Crippen molar-refractivity contribution in [3.8, 4) is 16.9 Å². The Kier molecular flexibility index (Phi) is 4.00. The Balaban J connectivity index is 2.38. The fraction of sp³-hybridized carbons (Fsp3) is 0.250. The number of hydrogen-bond donors (Lipinski definition) is 2. The maximum atomic E-state index is 9.95. The molecule has 0 saturated carbocycles. The van der Waals surface area contributed by atoms with Gasteiger partial charge in [0, 0.05) is 5.56 Å². The van der Waals surface area contributed by atoms with Crippen molar-refractivity contribution in [2.24, 2.45) is 5.73 Å². The fourth-order valence-corrected chi connectivity index (χ4v) is 2.06. The molecule has 2 aromatic carbocycles. The van der Waals surface area contributed by atoms with Gasteiger partial charge in [-0.2, -0.15) is 0 Å². The number of rotatable bonds is 4. The van der Waals surface area contributed by atoms with Gasteiger partial charge in [0.25, 0.3) is 0 Å². The van der Waals surface area contributed by atoms with E-state index >= 15 is 0 Å². The van der Waals surface area contributed by atoms with Gasteiger partial charge in [0.15, 0.2) is 0 Å². The molecule has 3 N–H and O–H groups in total. The van der Waals surface area contributed by atoms with Gasteiger partial charge in [0.1, 0.15) is 5.75 Å². The van der Waals surface area contributed by atoms with E-state index in [9.17, 15) is 5.11 Å². The summed E-state index contributed by atoms with van der Waals surface area (Å²) in [6, 6.07) is 14.0. The summed E-state index contributed by atoms with van der Waals surface area (Å²) in [4.78, 5) is 0. The number of phenolic OH excluding ortho intramolecular Hbond substituents is 1. The van der Waals surface area contributed by atoms with Gasteiger partial charge in [-0.1, -0.05) is 37.3 Å². The van der Waals surface area contributed by atoms with E-state index in [1.54, 1.807) is 6.07 Å². The molecule has 2 nitrogen and oxygen atoms in total. The highest BCUT2D eigenvalue weighted by Gasteiger charge is 2.05. The summed E-state index contributed by atoms with van der Waals surface area (Å²) in [5, 5.41) is 9.95. The number of aromatic hydroxyl groups is 1. The minimum atomic E-state index is 0.319. The van der Waals surface area contributed by atoms with Crippen molar-refractivity contribution in [2.75, 3.05) is 6.54 Å². The Bertz CT molecular complexity index is 517. The lowest BCUT2D eigenvalue weighted by Crippen LogP contribution is -2.02. The van der Waals surface area contributed by atoms with Crippen molar-refractivity contribution in [3.63, 3.8) is 0 Å². The molecule has 0 aliphatic heterocycles. The average Bonchev–Trinajstić information content (AvgIpc) is 2.41. The lowest BCUT2D eigenvalue weighted by molar-refractivity contribution is 0.477. The Morgan fingerprint density at radius 3 is 2.28 bits per heavy atom. The normalized spacial score (nSPS) is 10.6. The third-order valence-electron chi connectivity index (χ3n) is 3.17. The summed E-state index contributed by atoms with van der Waals surface area (Å²) in [5.74, 6) is 0.319. The van der Waals surface area contributed by atoms with Gasteiger partial charge in [0.2, 0.25) is 0 Å². The van der Waals surface area contributed by atoms with Crippen LogP contribution in [0.25, 0.3) is 11.1 Å². The molecule has 94 valence electrons. The zero-order chi connectivity index (χ0) is 13.0. The number of hydrogen-bond acceptors (Lipinski definition) is 2. The quantitative estimate of drug-likeness (QED) is 0.864. The van der Waals surface area contributed by atoms with Gasteiger partial charge < -0.3 is 10.8 Å². The molecule has 18 heavy (non-hydrogen) atoms. The Labute approximate surface area is 108 Å². The zero-order valence-corrected chi connectivity index (χ0v) is 10.7. The van der Waals surface area contributed by atoms with Crippen LogP contribution in [0, 0.1) is 0 Å². The third-order valence-corrected chi connectivity index (χ3v) is 3.17. The van der Waals surface area contributed by atoms with Gasteiger partial charge >= 0.3 is 0 Å². The van der Waals surface area contributed by atoms with E-state index in [1.165, 1.54) is 5.56 Å². The molecule has 2 aromatic rings. The third kappa shape index (κ3) is 2.71. The first-order chi connectivity index (χ1) is 8.74. The summed E-state index contributed by atoms with van der Waals surface area (Å²) in [6.07, 6.45) is 1.86. The topological polar surface area (TPSA) is 46.2 Å². The molecular weight excluding hydrogens is 222 g/mol. The second kappa shape index (κ2) is 5.69. The summed E-state index contributed by atoms with van der Waals surface area (Å²) in [5.41, 5.74) is 9.95. The van der Waals surface area contributed by atoms with E-state index in [4.69, 9.17) is 5.73 Å². The van der Waals surface area contributed by atoms with Gasteiger partial charge in [-0.3, -0.25) is 0 Å². The first-order valence-corrected chi connectivity index (χ1v) is 6.36. The Morgan fingerprint density at radius 2 is 1.67 bits per heavy atom.